The van der Waals surface area contributed by atoms with Crippen LogP contribution in [0.15, 0.2) is 29.3 Å². The van der Waals surface area contributed by atoms with Crippen LogP contribution in [0.2, 0.25) is 0 Å². The Morgan fingerprint density at radius 1 is 1.27 bits per heavy atom. The fourth-order valence-electron chi connectivity index (χ4n) is 3.43. The van der Waals surface area contributed by atoms with Crippen LogP contribution in [0.3, 0.4) is 0 Å². The average Bonchev–Trinajstić information content (AvgIpc) is 3.01. The van der Waals surface area contributed by atoms with Gasteiger partial charge < -0.3 is 15.1 Å². The van der Waals surface area contributed by atoms with Crippen molar-refractivity contribution in [2.75, 3.05) is 37.3 Å². The zero-order valence-electron chi connectivity index (χ0n) is 15.8. The molecule has 0 spiro atoms. The summed E-state index contributed by atoms with van der Waals surface area (Å²) < 4.78 is 0.264. The van der Waals surface area contributed by atoms with Crippen molar-refractivity contribution in [2.24, 2.45) is 4.99 Å². The Morgan fingerprint density at radius 3 is 2.58 bits per heavy atom. The molecule has 0 bridgehead atoms. The van der Waals surface area contributed by atoms with Crippen molar-refractivity contribution in [1.29, 1.82) is 0 Å². The Balaban J connectivity index is 0.00000243. The fourth-order valence-corrected chi connectivity index (χ4v) is 4.54. The predicted molar refractivity (Wildman–Crippen MR) is 122 cm³/mol. The summed E-state index contributed by atoms with van der Waals surface area (Å²) in [5.41, 5.74) is 2.20. The topological polar surface area (TPSA) is 47.9 Å². The lowest BCUT2D eigenvalue weighted by molar-refractivity contribution is -0.117. The lowest BCUT2D eigenvalue weighted by atomic mass is 10.2. The van der Waals surface area contributed by atoms with Gasteiger partial charge in [-0.25, -0.2) is 0 Å². The van der Waals surface area contributed by atoms with Crippen LogP contribution in [0, 0.1) is 0 Å². The molecule has 0 radical (unpaired) electrons. The first kappa shape index (κ1) is 21.3. The number of aliphatic imine (C=N–C) groups is 1. The number of anilines is 1. The molecule has 3 rings (SSSR count). The van der Waals surface area contributed by atoms with Gasteiger partial charge in [-0.2, -0.15) is 11.8 Å². The highest BCUT2D eigenvalue weighted by molar-refractivity contribution is 14.0. The molecule has 0 atom stereocenters. The molecule has 0 saturated carbocycles. The van der Waals surface area contributed by atoms with Gasteiger partial charge in [-0.3, -0.25) is 9.79 Å². The zero-order chi connectivity index (χ0) is 17.9. The summed E-state index contributed by atoms with van der Waals surface area (Å²) in [6.07, 6.45) is 1.63. The number of benzene rings is 1. The van der Waals surface area contributed by atoms with Crippen molar-refractivity contribution in [3.8, 4) is 0 Å². The van der Waals surface area contributed by atoms with Gasteiger partial charge in [0.25, 0.3) is 0 Å². The maximum atomic E-state index is 11.8. The Hall–Kier alpha value is -0.960. The van der Waals surface area contributed by atoms with Gasteiger partial charge in [-0.1, -0.05) is 12.1 Å². The highest BCUT2D eigenvalue weighted by Crippen LogP contribution is 2.29. The van der Waals surface area contributed by atoms with E-state index in [9.17, 15) is 4.79 Å². The number of thioether (sulfide) groups is 1. The molecule has 144 valence electrons. The van der Waals surface area contributed by atoms with E-state index in [1.165, 1.54) is 5.56 Å². The van der Waals surface area contributed by atoms with Gasteiger partial charge in [0.1, 0.15) is 0 Å². The van der Waals surface area contributed by atoms with Gasteiger partial charge in [-0.15, -0.1) is 24.0 Å². The third kappa shape index (κ3) is 5.28. The van der Waals surface area contributed by atoms with Crippen molar-refractivity contribution in [2.45, 2.75) is 38.0 Å². The molecule has 1 aromatic carbocycles. The number of carbonyl (C=O) groups excluding carboxylic acids is 1. The number of nitrogens with zero attached hydrogens (tertiary/aromatic N) is 3. The zero-order valence-corrected chi connectivity index (χ0v) is 19.0. The molecular weight excluding hydrogens is 459 g/mol. The Morgan fingerprint density at radius 2 is 2.00 bits per heavy atom. The highest BCUT2D eigenvalue weighted by Gasteiger charge is 2.28. The second-order valence-corrected chi connectivity index (χ2v) is 9.05. The van der Waals surface area contributed by atoms with Crippen LogP contribution < -0.4 is 10.2 Å². The molecule has 1 N–H and O–H groups in total. The van der Waals surface area contributed by atoms with E-state index >= 15 is 0 Å². The van der Waals surface area contributed by atoms with Crippen molar-refractivity contribution in [3.63, 3.8) is 0 Å². The van der Waals surface area contributed by atoms with E-state index < -0.39 is 0 Å². The van der Waals surface area contributed by atoms with Crippen molar-refractivity contribution in [3.05, 3.63) is 29.8 Å². The van der Waals surface area contributed by atoms with E-state index in [0.29, 0.717) is 6.42 Å². The van der Waals surface area contributed by atoms with E-state index in [0.717, 1.165) is 50.0 Å². The molecule has 2 heterocycles. The third-order valence-corrected chi connectivity index (χ3v) is 6.01. The average molecular weight is 488 g/mol. The summed E-state index contributed by atoms with van der Waals surface area (Å²) in [7, 11) is 1.85. The molecule has 0 aliphatic carbocycles. The van der Waals surface area contributed by atoms with E-state index in [-0.39, 0.29) is 34.6 Å². The summed E-state index contributed by atoms with van der Waals surface area (Å²) in [6, 6.07) is 8.28. The van der Waals surface area contributed by atoms with Crippen LogP contribution in [0.4, 0.5) is 5.69 Å². The Bertz CT molecular complexity index is 647. The van der Waals surface area contributed by atoms with Gasteiger partial charge in [0.15, 0.2) is 5.96 Å². The predicted octanol–water partition coefficient (Wildman–Crippen LogP) is 3.33. The first-order valence-electron chi connectivity index (χ1n) is 8.97. The van der Waals surface area contributed by atoms with Crippen LogP contribution in [-0.4, -0.2) is 53.9 Å². The van der Waals surface area contributed by atoms with E-state index in [2.05, 4.69) is 41.2 Å². The highest BCUT2D eigenvalue weighted by atomic mass is 127. The molecule has 7 heteroatoms. The number of nitrogens with one attached hydrogen (secondary N) is 1. The molecule has 2 saturated heterocycles. The molecule has 2 aliphatic heterocycles. The van der Waals surface area contributed by atoms with Crippen LogP contribution in [-0.2, 0) is 11.3 Å². The number of hydrogen-bond donors (Lipinski definition) is 1. The number of carbonyl (C=O) groups is 1. The normalized spacial score (nSPS) is 20.1. The number of guanidine groups is 1. The lowest BCUT2D eigenvalue weighted by Crippen LogP contribution is -2.50. The van der Waals surface area contributed by atoms with E-state index in [4.69, 9.17) is 0 Å². The number of amides is 1. The van der Waals surface area contributed by atoms with E-state index in [1.54, 1.807) is 0 Å². The fraction of sp³-hybridized carbons (Fsp3) is 0.579. The van der Waals surface area contributed by atoms with Crippen molar-refractivity contribution in [1.82, 2.24) is 10.2 Å². The molecular formula is C19H29IN4OS. The van der Waals surface area contributed by atoms with Crippen LogP contribution in [0.5, 0.6) is 0 Å². The quantitative estimate of drug-likeness (QED) is 0.403. The second-order valence-electron chi connectivity index (χ2n) is 7.25. The molecule has 0 unspecified atom stereocenters. The monoisotopic (exact) mass is 488 g/mol. The lowest BCUT2D eigenvalue weighted by Gasteiger charge is -2.39. The third-order valence-electron chi connectivity index (χ3n) is 4.71. The SMILES string of the molecule is CN=C(NCc1ccc(N2CCCC2=O)cc1)N1CCSC(C)(C)C1.I. The smallest absolute Gasteiger partial charge is 0.227 e. The summed E-state index contributed by atoms with van der Waals surface area (Å²) in [4.78, 5) is 20.5. The van der Waals surface area contributed by atoms with Crippen molar-refractivity contribution >= 4 is 53.3 Å². The standard InChI is InChI=1S/C19H28N4OS.HI/c1-19(2)14-22(11-12-25-19)18(20-3)21-13-15-6-8-16(9-7-15)23-10-4-5-17(23)24;/h6-9H,4-5,10-14H2,1-3H3,(H,20,21);1H. The number of hydrogen-bond acceptors (Lipinski definition) is 3. The van der Waals surface area contributed by atoms with Crippen LogP contribution in [0.25, 0.3) is 0 Å². The first-order valence-corrected chi connectivity index (χ1v) is 9.96. The van der Waals surface area contributed by atoms with Gasteiger partial charge in [0.2, 0.25) is 5.91 Å². The van der Waals surface area contributed by atoms with Gasteiger partial charge in [0, 0.05) is 55.8 Å². The summed E-state index contributed by atoms with van der Waals surface area (Å²) in [6.45, 7) is 8.19. The van der Waals surface area contributed by atoms with Crippen molar-refractivity contribution < 1.29 is 4.79 Å². The molecule has 5 nitrogen and oxygen atoms in total. The first-order chi connectivity index (χ1) is 12.0. The second kappa shape index (κ2) is 9.30. The summed E-state index contributed by atoms with van der Waals surface area (Å²) in [5, 5.41) is 3.48. The largest absolute Gasteiger partial charge is 0.352 e. The minimum absolute atomic E-state index is 0. The molecule has 1 amide bonds. The number of halogens is 1. The van der Waals surface area contributed by atoms with Gasteiger partial charge in [0.05, 0.1) is 0 Å². The summed E-state index contributed by atoms with van der Waals surface area (Å²) >= 11 is 2.02. The Labute approximate surface area is 178 Å². The van der Waals surface area contributed by atoms with Gasteiger partial charge in [-0.05, 0) is 38.0 Å². The minimum atomic E-state index is 0. The van der Waals surface area contributed by atoms with Crippen LogP contribution >= 0.6 is 35.7 Å². The Kier molecular flexibility index (Phi) is 7.63. The molecule has 1 aromatic rings. The maximum Gasteiger partial charge on any atom is 0.227 e. The maximum absolute atomic E-state index is 11.8. The molecule has 2 fully saturated rings. The summed E-state index contributed by atoms with van der Waals surface area (Å²) in [5.74, 6) is 2.33. The van der Waals surface area contributed by atoms with E-state index in [1.807, 2.05) is 35.8 Å². The van der Waals surface area contributed by atoms with Gasteiger partial charge >= 0.3 is 0 Å². The number of rotatable bonds is 3. The molecule has 26 heavy (non-hydrogen) atoms. The molecule has 2 aliphatic rings. The molecule has 0 aromatic heterocycles. The van der Waals surface area contributed by atoms with Crippen LogP contribution in [0.1, 0.15) is 32.3 Å². The minimum Gasteiger partial charge on any atom is -0.352 e.